The Morgan fingerprint density at radius 3 is 2.62 bits per heavy atom. The zero-order chi connectivity index (χ0) is 14.9. The molecule has 0 radical (unpaired) electrons. The maximum Gasteiger partial charge on any atom is 0.0587 e. The van der Waals surface area contributed by atoms with Crippen LogP contribution in [-0.4, -0.2) is 26.8 Å². The summed E-state index contributed by atoms with van der Waals surface area (Å²) in [6, 6.07) is 8.12. The standard InChI is InChI=1S/C18H26ClNO/c1-21-12-11-20-14-17(16-5-3-2-4-6-16)13-15-7-9-18(19)10-8-15/h7-10,13,16,20H,2-6,11-12,14H2,1H3/b17-13-. The normalized spacial score (nSPS) is 17.1. The molecule has 1 aliphatic rings. The van der Waals surface area contributed by atoms with E-state index in [0.29, 0.717) is 0 Å². The molecular weight excluding hydrogens is 282 g/mol. The number of benzene rings is 1. The Hall–Kier alpha value is -0.830. The van der Waals surface area contributed by atoms with Gasteiger partial charge in [-0.25, -0.2) is 0 Å². The van der Waals surface area contributed by atoms with E-state index in [0.717, 1.165) is 30.6 Å². The summed E-state index contributed by atoms with van der Waals surface area (Å²) in [4.78, 5) is 0. The number of halogens is 1. The van der Waals surface area contributed by atoms with Crippen LogP contribution in [-0.2, 0) is 4.74 Å². The molecule has 0 atom stereocenters. The average Bonchev–Trinajstić information content (AvgIpc) is 2.53. The van der Waals surface area contributed by atoms with E-state index in [1.54, 1.807) is 7.11 Å². The highest BCUT2D eigenvalue weighted by molar-refractivity contribution is 6.30. The molecule has 0 amide bonds. The van der Waals surface area contributed by atoms with Gasteiger partial charge in [0.15, 0.2) is 0 Å². The van der Waals surface area contributed by atoms with Gasteiger partial charge in [-0.05, 0) is 36.5 Å². The maximum absolute atomic E-state index is 5.97. The first-order valence-corrected chi connectivity index (χ1v) is 8.33. The predicted molar refractivity (Wildman–Crippen MR) is 90.7 cm³/mol. The number of ether oxygens (including phenoxy) is 1. The second kappa shape index (κ2) is 9.24. The van der Waals surface area contributed by atoms with Crippen molar-refractivity contribution in [2.75, 3.05) is 26.8 Å². The fourth-order valence-corrected chi connectivity index (χ4v) is 3.09. The zero-order valence-corrected chi connectivity index (χ0v) is 13.7. The minimum absolute atomic E-state index is 0.726. The monoisotopic (exact) mass is 307 g/mol. The van der Waals surface area contributed by atoms with Crippen LogP contribution in [0.15, 0.2) is 29.8 Å². The van der Waals surface area contributed by atoms with E-state index in [4.69, 9.17) is 16.3 Å². The lowest BCUT2D eigenvalue weighted by molar-refractivity contribution is 0.200. The van der Waals surface area contributed by atoms with E-state index in [2.05, 4.69) is 23.5 Å². The van der Waals surface area contributed by atoms with Gasteiger partial charge in [0.1, 0.15) is 0 Å². The molecule has 1 N–H and O–H groups in total. The van der Waals surface area contributed by atoms with Gasteiger partial charge in [0.05, 0.1) is 6.61 Å². The summed E-state index contributed by atoms with van der Waals surface area (Å²) in [6.45, 7) is 2.62. The van der Waals surface area contributed by atoms with E-state index in [1.807, 2.05) is 12.1 Å². The molecule has 2 nitrogen and oxygen atoms in total. The summed E-state index contributed by atoms with van der Waals surface area (Å²) >= 11 is 5.97. The molecule has 0 saturated heterocycles. The summed E-state index contributed by atoms with van der Waals surface area (Å²) < 4.78 is 5.10. The summed E-state index contributed by atoms with van der Waals surface area (Å²) in [5.41, 5.74) is 2.77. The van der Waals surface area contributed by atoms with Gasteiger partial charge >= 0.3 is 0 Å². The fourth-order valence-electron chi connectivity index (χ4n) is 2.97. The molecule has 0 unspecified atom stereocenters. The van der Waals surface area contributed by atoms with E-state index >= 15 is 0 Å². The Bertz CT molecular complexity index is 435. The van der Waals surface area contributed by atoms with Crippen LogP contribution in [0.25, 0.3) is 6.08 Å². The zero-order valence-electron chi connectivity index (χ0n) is 12.9. The number of hydrogen-bond acceptors (Lipinski definition) is 2. The van der Waals surface area contributed by atoms with Crippen LogP contribution in [0.3, 0.4) is 0 Å². The molecule has 1 aromatic rings. The molecule has 2 rings (SSSR count). The largest absolute Gasteiger partial charge is 0.383 e. The molecule has 3 heteroatoms. The van der Waals surface area contributed by atoms with Crippen molar-refractivity contribution in [1.29, 1.82) is 0 Å². The van der Waals surface area contributed by atoms with Crippen LogP contribution in [0.2, 0.25) is 5.02 Å². The van der Waals surface area contributed by atoms with Crippen LogP contribution in [0.1, 0.15) is 37.7 Å². The molecule has 1 aromatic carbocycles. The molecule has 0 spiro atoms. The summed E-state index contributed by atoms with van der Waals surface area (Å²) in [7, 11) is 1.74. The van der Waals surface area contributed by atoms with Crippen molar-refractivity contribution in [2.24, 2.45) is 5.92 Å². The molecule has 0 aromatic heterocycles. The van der Waals surface area contributed by atoms with Crippen molar-refractivity contribution < 1.29 is 4.74 Å². The van der Waals surface area contributed by atoms with Gasteiger partial charge in [-0.3, -0.25) is 0 Å². The van der Waals surface area contributed by atoms with Gasteiger partial charge in [0.2, 0.25) is 0 Å². The second-order valence-electron chi connectivity index (χ2n) is 5.78. The van der Waals surface area contributed by atoms with Gasteiger partial charge in [-0.1, -0.05) is 54.6 Å². The first kappa shape index (κ1) is 16.5. The highest BCUT2D eigenvalue weighted by atomic mass is 35.5. The van der Waals surface area contributed by atoms with Gasteiger partial charge < -0.3 is 10.1 Å². The molecule has 0 bridgehead atoms. The van der Waals surface area contributed by atoms with E-state index in [-0.39, 0.29) is 0 Å². The molecule has 0 heterocycles. The molecule has 1 saturated carbocycles. The lowest BCUT2D eigenvalue weighted by Crippen LogP contribution is -2.25. The topological polar surface area (TPSA) is 21.3 Å². The quantitative estimate of drug-likeness (QED) is 0.747. The van der Waals surface area contributed by atoms with Crippen LogP contribution in [0.4, 0.5) is 0 Å². The Morgan fingerprint density at radius 1 is 1.24 bits per heavy atom. The van der Waals surface area contributed by atoms with Crippen molar-refractivity contribution in [3.05, 3.63) is 40.4 Å². The van der Waals surface area contributed by atoms with Crippen molar-refractivity contribution in [3.8, 4) is 0 Å². The average molecular weight is 308 g/mol. The third-order valence-corrected chi connectivity index (χ3v) is 4.42. The van der Waals surface area contributed by atoms with Gasteiger partial charge in [-0.15, -0.1) is 0 Å². The molecule has 1 fully saturated rings. The van der Waals surface area contributed by atoms with Crippen LogP contribution >= 0.6 is 11.6 Å². The van der Waals surface area contributed by atoms with Gasteiger partial charge in [0.25, 0.3) is 0 Å². The van der Waals surface area contributed by atoms with Crippen molar-refractivity contribution in [1.82, 2.24) is 5.32 Å². The summed E-state index contributed by atoms with van der Waals surface area (Å²) in [6.07, 6.45) is 9.10. The Morgan fingerprint density at radius 2 is 1.95 bits per heavy atom. The van der Waals surface area contributed by atoms with Gasteiger partial charge in [-0.2, -0.15) is 0 Å². The first-order chi connectivity index (χ1) is 10.3. The molecule has 21 heavy (non-hydrogen) atoms. The van der Waals surface area contributed by atoms with Crippen LogP contribution < -0.4 is 5.32 Å². The third kappa shape index (κ3) is 5.82. The van der Waals surface area contributed by atoms with Crippen LogP contribution in [0, 0.1) is 5.92 Å². The lowest BCUT2D eigenvalue weighted by Gasteiger charge is -2.25. The van der Waals surface area contributed by atoms with Crippen molar-refractivity contribution >= 4 is 17.7 Å². The number of nitrogens with one attached hydrogen (secondary N) is 1. The Kier molecular flexibility index (Phi) is 7.28. The van der Waals surface area contributed by atoms with E-state index in [1.165, 1.54) is 43.2 Å². The van der Waals surface area contributed by atoms with Crippen molar-refractivity contribution in [3.63, 3.8) is 0 Å². The summed E-state index contributed by atoms with van der Waals surface area (Å²) in [5.74, 6) is 0.726. The smallest absolute Gasteiger partial charge is 0.0587 e. The predicted octanol–water partition coefficient (Wildman–Crippen LogP) is 4.54. The molecule has 1 aliphatic carbocycles. The fraction of sp³-hybridized carbons (Fsp3) is 0.556. The maximum atomic E-state index is 5.97. The van der Waals surface area contributed by atoms with Crippen molar-refractivity contribution in [2.45, 2.75) is 32.1 Å². The SMILES string of the molecule is COCCNC/C(=C/c1ccc(Cl)cc1)C1CCCCC1. The minimum atomic E-state index is 0.726. The Balaban J connectivity index is 2.04. The Labute approximate surface area is 133 Å². The van der Waals surface area contributed by atoms with E-state index < -0.39 is 0 Å². The first-order valence-electron chi connectivity index (χ1n) is 7.95. The third-order valence-electron chi connectivity index (χ3n) is 4.16. The molecular formula is C18H26ClNO. The highest BCUT2D eigenvalue weighted by Crippen LogP contribution is 2.30. The minimum Gasteiger partial charge on any atom is -0.383 e. The van der Waals surface area contributed by atoms with Crippen LogP contribution in [0.5, 0.6) is 0 Å². The second-order valence-corrected chi connectivity index (χ2v) is 6.21. The molecule has 0 aliphatic heterocycles. The summed E-state index contributed by atoms with van der Waals surface area (Å²) in [5, 5.41) is 4.29. The number of hydrogen-bond donors (Lipinski definition) is 1. The number of rotatable bonds is 7. The van der Waals surface area contributed by atoms with E-state index in [9.17, 15) is 0 Å². The highest BCUT2D eigenvalue weighted by Gasteiger charge is 2.17. The van der Waals surface area contributed by atoms with Gasteiger partial charge in [0, 0.05) is 25.2 Å². The number of methoxy groups -OCH3 is 1. The molecule has 116 valence electrons. The lowest BCUT2D eigenvalue weighted by atomic mass is 9.83.